The predicted molar refractivity (Wildman–Crippen MR) is 75.3 cm³/mol. The zero-order valence-electron chi connectivity index (χ0n) is 10.5. The first kappa shape index (κ1) is 12.8. The molecule has 0 atom stereocenters. The molecule has 0 aromatic heterocycles. The van der Waals surface area contributed by atoms with Gasteiger partial charge in [-0.15, -0.1) is 11.6 Å². The number of aryl methyl sites for hydroxylation is 2. The van der Waals surface area contributed by atoms with Crippen molar-refractivity contribution in [2.45, 2.75) is 19.7 Å². The third-order valence-corrected chi connectivity index (χ3v) is 3.26. The van der Waals surface area contributed by atoms with E-state index in [1.807, 2.05) is 56.3 Å². The molecule has 2 rings (SSSR count). The topological polar surface area (TPSA) is 17.1 Å². The summed E-state index contributed by atoms with van der Waals surface area (Å²) in [4.78, 5) is 12.5. The second-order valence-corrected chi connectivity index (χ2v) is 4.71. The molecule has 0 heterocycles. The van der Waals surface area contributed by atoms with Crippen LogP contribution in [0.2, 0.25) is 0 Å². The molecule has 0 unspecified atom stereocenters. The van der Waals surface area contributed by atoms with Gasteiger partial charge in [0.15, 0.2) is 5.78 Å². The van der Waals surface area contributed by atoms with E-state index in [0.717, 1.165) is 22.3 Å². The van der Waals surface area contributed by atoms with Crippen molar-refractivity contribution in [2.24, 2.45) is 0 Å². The molecule has 0 aliphatic carbocycles. The lowest BCUT2D eigenvalue weighted by atomic mass is 9.93. The summed E-state index contributed by atoms with van der Waals surface area (Å²) in [5.74, 6) is 0.403. The standard InChI is InChI=1S/C16H15ClO/c1-11-8-12(2)15(14(9-11)10-17)16(18)13-6-4-3-5-7-13/h3-9H,10H2,1-2H3. The van der Waals surface area contributed by atoms with Crippen LogP contribution >= 0.6 is 11.6 Å². The second kappa shape index (κ2) is 5.36. The molecule has 0 saturated heterocycles. The summed E-state index contributed by atoms with van der Waals surface area (Å²) >= 11 is 5.96. The van der Waals surface area contributed by atoms with Crippen molar-refractivity contribution in [3.05, 3.63) is 70.3 Å². The van der Waals surface area contributed by atoms with E-state index >= 15 is 0 Å². The lowest BCUT2D eigenvalue weighted by Crippen LogP contribution is -2.07. The van der Waals surface area contributed by atoms with Crippen LogP contribution in [0.25, 0.3) is 0 Å². The van der Waals surface area contributed by atoms with Gasteiger partial charge < -0.3 is 0 Å². The lowest BCUT2D eigenvalue weighted by Gasteiger charge is -2.11. The Balaban J connectivity index is 2.55. The molecule has 2 heteroatoms. The molecule has 0 bridgehead atoms. The summed E-state index contributed by atoms with van der Waals surface area (Å²) < 4.78 is 0. The van der Waals surface area contributed by atoms with Crippen LogP contribution in [-0.2, 0) is 5.88 Å². The van der Waals surface area contributed by atoms with Gasteiger partial charge in [0.2, 0.25) is 0 Å². The van der Waals surface area contributed by atoms with Crippen LogP contribution < -0.4 is 0 Å². The molecule has 2 aromatic carbocycles. The third kappa shape index (κ3) is 2.46. The maximum Gasteiger partial charge on any atom is 0.193 e. The third-order valence-electron chi connectivity index (χ3n) is 2.97. The van der Waals surface area contributed by atoms with Crippen molar-refractivity contribution in [3.8, 4) is 0 Å². The molecule has 0 N–H and O–H groups in total. The zero-order valence-corrected chi connectivity index (χ0v) is 11.3. The minimum absolute atomic E-state index is 0.0451. The van der Waals surface area contributed by atoms with Gasteiger partial charge in [0.25, 0.3) is 0 Å². The highest BCUT2D eigenvalue weighted by Crippen LogP contribution is 2.22. The second-order valence-electron chi connectivity index (χ2n) is 4.44. The van der Waals surface area contributed by atoms with Crippen molar-refractivity contribution < 1.29 is 4.79 Å². The van der Waals surface area contributed by atoms with Crippen LogP contribution in [0.15, 0.2) is 42.5 Å². The molecule has 0 amide bonds. The molecule has 92 valence electrons. The Morgan fingerprint density at radius 3 is 2.39 bits per heavy atom. The molecule has 0 fully saturated rings. The molecule has 0 spiro atoms. The minimum atomic E-state index is 0.0451. The lowest BCUT2D eigenvalue weighted by molar-refractivity contribution is 0.103. The van der Waals surface area contributed by atoms with E-state index in [1.54, 1.807) is 0 Å². The summed E-state index contributed by atoms with van der Waals surface area (Å²) in [6.45, 7) is 3.97. The molecule has 18 heavy (non-hydrogen) atoms. The first-order valence-electron chi connectivity index (χ1n) is 5.89. The van der Waals surface area contributed by atoms with E-state index in [1.165, 1.54) is 0 Å². The number of alkyl halides is 1. The van der Waals surface area contributed by atoms with Crippen LogP contribution in [0.4, 0.5) is 0 Å². The van der Waals surface area contributed by atoms with Gasteiger partial charge >= 0.3 is 0 Å². The van der Waals surface area contributed by atoms with E-state index in [4.69, 9.17) is 11.6 Å². The average Bonchev–Trinajstić information content (AvgIpc) is 2.38. The Kier molecular flexibility index (Phi) is 3.83. The summed E-state index contributed by atoms with van der Waals surface area (Å²) in [6.07, 6.45) is 0. The number of benzene rings is 2. The van der Waals surface area contributed by atoms with Crippen molar-refractivity contribution in [2.75, 3.05) is 0 Å². The SMILES string of the molecule is Cc1cc(C)c(C(=O)c2ccccc2)c(CCl)c1. The van der Waals surface area contributed by atoms with Gasteiger partial charge in [-0.05, 0) is 25.0 Å². The quantitative estimate of drug-likeness (QED) is 0.593. The predicted octanol–water partition coefficient (Wildman–Crippen LogP) is 4.27. The molecule has 0 radical (unpaired) electrons. The summed E-state index contributed by atoms with van der Waals surface area (Å²) in [6, 6.07) is 13.3. The molecule has 0 aliphatic rings. The fourth-order valence-corrected chi connectivity index (χ4v) is 2.43. The highest BCUT2D eigenvalue weighted by Gasteiger charge is 2.16. The number of carbonyl (C=O) groups is 1. The van der Waals surface area contributed by atoms with Gasteiger partial charge in [0.1, 0.15) is 0 Å². The number of rotatable bonds is 3. The highest BCUT2D eigenvalue weighted by molar-refractivity contribution is 6.19. The van der Waals surface area contributed by atoms with Crippen LogP contribution in [0.1, 0.15) is 32.6 Å². The molecule has 1 nitrogen and oxygen atoms in total. The molecule has 0 saturated carbocycles. The number of hydrogen-bond donors (Lipinski definition) is 0. The Hall–Kier alpha value is -1.60. The minimum Gasteiger partial charge on any atom is -0.289 e. The van der Waals surface area contributed by atoms with E-state index in [0.29, 0.717) is 11.4 Å². The first-order valence-corrected chi connectivity index (χ1v) is 6.42. The van der Waals surface area contributed by atoms with Crippen LogP contribution in [-0.4, -0.2) is 5.78 Å². The maximum absolute atomic E-state index is 12.5. The fourth-order valence-electron chi connectivity index (χ4n) is 2.22. The summed E-state index contributed by atoms with van der Waals surface area (Å²) in [5.41, 5.74) is 4.47. The van der Waals surface area contributed by atoms with Crippen LogP contribution in [0.5, 0.6) is 0 Å². The van der Waals surface area contributed by atoms with Crippen molar-refractivity contribution >= 4 is 17.4 Å². The van der Waals surface area contributed by atoms with Gasteiger partial charge in [0.05, 0.1) is 0 Å². The number of hydrogen-bond acceptors (Lipinski definition) is 1. The molecule has 0 aliphatic heterocycles. The molecular weight excluding hydrogens is 244 g/mol. The van der Waals surface area contributed by atoms with Gasteiger partial charge in [-0.1, -0.05) is 48.0 Å². The monoisotopic (exact) mass is 258 g/mol. The summed E-state index contributed by atoms with van der Waals surface area (Å²) in [7, 11) is 0. The average molecular weight is 259 g/mol. The number of ketones is 1. The van der Waals surface area contributed by atoms with Crippen molar-refractivity contribution in [3.63, 3.8) is 0 Å². The maximum atomic E-state index is 12.5. The summed E-state index contributed by atoms with van der Waals surface area (Å²) in [5, 5.41) is 0. The van der Waals surface area contributed by atoms with Crippen molar-refractivity contribution in [1.29, 1.82) is 0 Å². The van der Waals surface area contributed by atoms with Crippen LogP contribution in [0.3, 0.4) is 0 Å². The van der Waals surface area contributed by atoms with Gasteiger partial charge in [-0.25, -0.2) is 0 Å². The Labute approximate surface area is 112 Å². The Morgan fingerprint density at radius 2 is 1.78 bits per heavy atom. The Bertz CT molecular complexity index is 573. The fraction of sp³-hybridized carbons (Fsp3) is 0.188. The number of carbonyl (C=O) groups excluding carboxylic acids is 1. The van der Waals surface area contributed by atoms with E-state index in [2.05, 4.69) is 0 Å². The first-order chi connectivity index (χ1) is 8.63. The van der Waals surface area contributed by atoms with E-state index in [-0.39, 0.29) is 5.78 Å². The number of halogens is 1. The molecule has 2 aromatic rings. The zero-order chi connectivity index (χ0) is 13.1. The largest absolute Gasteiger partial charge is 0.289 e. The smallest absolute Gasteiger partial charge is 0.193 e. The van der Waals surface area contributed by atoms with E-state index < -0.39 is 0 Å². The normalized spacial score (nSPS) is 10.4. The Morgan fingerprint density at radius 1 is 1.11 bits per heavy atom. The van der Waals surface area contributed by atoms with Gasteiger partial charge in [0, 0.05) is 17.0 Å². The highest BCUT2D eigenvalue weighted by atomic mass is 35.5. The van der Waals surface area contributed by atoms with Gasteiger partial charge in [-0.3, -0.25) is 4.79 Å². The van der Waals surface area contributed by atoms with Crippen molar-refractivity contribution in [1.82, 2.24) is 0 Å². The van der Waals surface area contributed by atoms with E-state index in [9.17, 15) is 4.79 Å². The van der Waals surface area contributed by atoms with Crippen LogP contribution in [0, 0.1) is 13.8 Å². The molecular formula is C16H15ClO. The van der Waals surface area contributed by atoms with Gasteiger partial charge in [-0.2, -0.15) is 0 Å².